The summed E-state index contributed by atoms with van der Waals surface area (Å²) in [5.74, 6) is 5.09. The van der Waals surface area contributed by atoms with Crippen molar-refractivity contribution in [3.05, 3.63) is 0 Å². The monoisotopic (exact) mass is 222 g/mol. The first-order chi connectivity index (χ1) is 7.70. The Morgan fingerprint density at radius 2 is 1.31 bits per heavy atom. The van der Waals surface area contributed by atoms with Crippen LogP contribution in [0.2, 0.25) is 0 Å². The van der Waals surface area contributed by atoms with E-state index in [0.717, 1.165) is 29.6 Å². The summed E-state index contributed by atoms with van der Waals surface area (Å²) in [4.78, 5) is 0. The molecule has 3 atom stereocenters. The highest BCUT2D eigenvalue weighted by Gasteiger charge is 2.36. The van der Waals surface area contributed by atoms with Crippen LogP contribution in [0, 0.1) is 29.6 Å². The topological polar surface area (TPSA) is 0 Å². The molecular formula is C16H30. The Labute approximate surface area is 102 Å². The highest BCUT2D eigenvalue weighted by atomic mass is 14.4. The van der Waals surface area contributed by atoms with Crippen molar-refractivity contribution in [2.24, 2.45) is 29.6 Å². The maximum atomic E-state index is 2.57. The summed E-state index contributed by atoms with van der Waals surface area (Å²) in [7, 11) is 0. The zero-order chi connectivity index (χ0) is 11.5. The Morgan fingerprint density at radius 3 is 1.94 bits per heavy atom. The van der Waals surface area contributed by atoms with Crippen molar-refractivity contribution in [3.8, 4) is 0 Å². The van der Waals surface area contributed by atoms with Crippen molar-refractivity contribution in [1.82, 2.24) is 0 Å². The Bertz CT molecular complexity index is 200. The van der Waals surface area contributed by atoms with Crippen LogP contribution in [0.3, 0.4) is 0 Å². The summed E-state index contributed by atoms with van der Waals surface area (Å²) in [5.41, 5.74) is 0. The molecule has 2 fully saturated rings. The molecule has 0 aromatic rings. The van der Waals surface area contributed by atoms with Gasteiger partial charge in [-0.1, -0.05) is 59.3 Å². The molecule has 0 amide bonds. The van der Waals surface area contributed by atoms with Gasteiger partial charge in [-0.25, -0.2) is 0 Å². The molecular weight excluding hydrogens is 192 g/mol. The number of rotatable bonds is 3. The molecule has 16 heavy (non-hydrogen) atoms. The van der Waals surface area contributed by atoms with Crippen LogP contribution in [0.1, 0.15) is 72.1 Å². The van der Waals surface area contributed by atoms with E-state index in [2.05, 4.69) is 20.8 Å². The van der Waals surface area contributed by atoms with Gasteiger partial charge in [-0.15, -0.1) is 0 Å². The summed E-state index contributed by atoms with van der Waals surface area (Å²) < 4.78 is 0. The second-order valence-corrected chi connectivity index (χ2v) is 6.76. The standard InChI is InChI=1S/C16H30/c1-12(2)15-10-7-11-16(15)13(3)14-8-5-4-6-9-14/h12-16H,4-11H2,1-3H3. The molecule has 2 rings (SSSR count). The van der Waals surface area contributed by atoms with Crippen molar-refractivity contribution < 1.29 is 0 Å². The molecule has 94 valence electrons. The summed E-state index contributed by atoms with van der Waals surface area (Å²) in [6, 6.07) is 0. The normalized spacial score (nSPS) is 34.5. The fourth-order valence-corrected chi connectivity index (χ4v) is 4.51. The molecule has 0 radical (unpaired) electrons. The van der Waals surface area contributed by atoms with E-state index in [9.17, 15) is 0 Å². The molecule has 0 aromatic heterocycles. The minimum absolute atomic E-state index is 0.915. The second-order valence-electron chi connectivity index (χ2n) is 6.76. The molecule has 0 saturated heterocycles. The van der Waals surface area contributed by atoms with Crippen molar-refractivity contribution in [3.63, 3.8) is 0 Å². The molecule has 2 saturated carbocycles. The molecule has 0 heterocycles. The highest BCUT2D eigenvalue weighted by Crippen LogP contribution is 2.46. The van der Waals surface area contributed by atoms with Gasteiger partial charge in [0.25, 0.3) is 0 Å². The van der Waals surface area contributed by atoms with Gasteiger partial charge in [-0.05, 0) is 42.4 Å². The molecule has 0 aliphatic heterocycles. The average molecular weight is 222 g/mol. The first-order valence-electron chi connectivity index (χ1n) is 7.70. The Balaban J connectivity index is 1.94. The predicted octanol–water partition coefficient (Wildman–Crippen LogP) is 5.28. The first kappa shape index (κ1) is 12.5. The maximum absolute atomic E-state index is 2.57. The summed E-state index contributed by atoms with van der Waals surface area (Å²) in [5, 5.41) is 0. The maximum Gasteiger partial charge on any atom is -0.0355 e. The Morgan fingerprint density at radius 1 is 0.688 bits per heavy atom. The smallest absolute Gasteiger partial charge is 0.0355 e. The van der Waals surface area contributed by atoms with Crippen LogP contribution in [0.15, 0.2) is 0 Å². The van der Waals surface area contributed by atoms with Gasteiger partial charge >= 0.3 is 0 Å². The lowest BCUT2D eigenvalue weighted by atomic mass is 9.70. The van der Waals surface area contributed by atoms with Crippen molar-refractivity contribution >= 4 is 0 Å². The van der Waals surface area contributed by atoms with Crippen LogP contribution in [0.25, 0.3) is 0 Å². The molecule has 3 unspecified atom stereocenters. The van der Waals surface area contributed by atoms with Crippen LogP contribution in [-0.4, -0.2) is 0 Å². The van der Waals surface area contributed by atoms with E-state index in [-0.39, 0.29) is 0 Å². The van der Waals surface area contributed by atoms with Gasteiger partial charge in [0, 0.05) is 0 Å². The molecule has 0 nitrogen and oxygen atoms in total. The van der Waals surface area contributed by atoms with Gasteiger partial charge < -0.3 is 0 Å². The van der Waals surface area contributed by atoms with E-state index >= 15 is 0 Å². The lowest BCUT2D eigenvalue weighted by molar-refractivity contribution is 0.140. The largest absolute Gasteiger partial charge is 0.0625 e. The first-order valence-corrected chi connectivity index (χ1v) is 7.70. The summed E-state index contributed by atoms with van der Waals surface area (Å²) in [6.45, 7) is 7.45. The average Bonchev–Trinajstić information content (AvgIpc) is 2.78. The fourth-order valence-electron chi connectivity index (χ4n) is 4.51. The van der Waals surface area contributed by atoms with Gasteiger partial charge in [0.1, 0.15) is 0 Å². The number of hydrogen-bond acceptors (Lipinski definition) is 0. The molecule has 2 aliphatic carbocycles. The van der Waals surface area contributed by atoms with Gasteiger partial charge in [0.15, 0.2) is 0 Å². The van der Waals surface area contributed by atoms with E-state index in [4.69, 9.17) is 0 Å². The van der Waals surface area contributed by atoms with Crippen molar-refractivity contribution in [2.45, 2.75) is 72.1 Å². The van der Waals surface area contributed by atoms with Gasteiger partial charge in [-0.3, -0.25) is 0 Å². The number of hydrogen-bond donors (Lipinski definition) is 0. The Hall–Kier alpha value is 0. The molecule has 0 bridgehead atoms. The third-order valence-electron chi connectivity index (χ3n) is 5.55. The summed E-state index contributed by atoms with van der Waals surface area (Å²) in [6.07, 6.45) is 12.1. The van der Waals surface area contributed by atoms with Crippen molar-refractivity contribution in [1.29, 1.82) is 0 Å². The van der Waals surface area contributed by atoms with Crippen LogP contribution in [0.5, 0.6) is 0 Å². The molecule has 0 N–H and O–H groups in total. The zero-order valence-corrected chi connectivity index (χ0v) is 11.5. The van der Waals surface area contributed by atoms with Gasteiger partial charge in [-0.2, -0.15) is 0 Å². The van der Waals surface area contributed by atoms with Gasteiger partial charge in [0.2, 0.25) is 0 Å². The predicted molar refractivity (Wildman–Crippen MR) is 71.4 cm³/mol. The van der Waals surface area contributed by atoms with Gasteiger partial charge in [0.05, 0.1) is 0 Å². The zero-order valence-electron chi connectivity index (χ0n) is 11.5. The second kappa shape index (κ2) is 5.56. The third kappa shape index (κ3) is 2.63. The lowest BCUT2D eigenvalue weighted by Crippen LogP contribution is -2.27. The fraction of sp³-hybridized carbons (Fsp3) is 1.00. The van der Waals surface area contributed by atoms with Crippen LogP contribution in [-0.2, 0) is 0 Å². The van der Waals surface area contributed by atoms with Crippen molar-refractivity contribution in [2.75, 3.05) is 0 Å². The van der Waals surface area contributed by atoms with Crippen LogP contribution >= 0.6 is 0 Å². The SMILES string of the molecule is CC(C)C1CCCC1C(C)C1CCCCC1. The summed E-state index contributed by atoms with van der Waals surface area (Å²) >= 11 is 0. The minimum atomic E-state index is 0.915. The highest BCUT2D eigenvalue weighted by molar-refractivity contribution is 4.86. The molecule has 2 aliphatic rings. The molecule has 0 spiro atoms. The quantitative estimate of drug-likeness (QED) is 0.610. The van der Waals surface area contributed by atoms with Crippen LogP contribution in [0.4, 0.5) is 0 Å². The van der Waals surface area contributed by atoms with E-state index in [1.165, 1.54) is 51.4 Å². The lowest BCUT2D eigenvalue weighted by Gasteiger charge is -2.36. The third-order valence-corrected chi connectivity index (χ3v) is 5.55. The van der Waals surface area contributed by atoms with E-state index in [1.807, 2.05) is 0 Å². The van der Waals surface area contributed by atoms with Crippen LogP contribution < -0.4 is 0 Å². The van der Waals surface area contributed by atoms with E-state index in [0.29, 0.717) is 0 Å². The van der Waals surface area contributed by atoms with E-state index in [1.54, 1.807) is 0 Å². The van der Waals surface area contributed by atoms with E-state index < -0.39 is 0 Å². The molecule has 0 aromatic carbocycles. The molecule has 0 heteroatoms. The Kier molecular flexibility index (Phi) is 4.33. The minimum Gasteiger partial charge on any atom is -0.0625 e.